The van der Waals surface area contributed by atoms with Crippen molar-refractivity contribution in [2.45, 2.75) is 219 Å². The van der Waals surface area contributed by atoms with Gasteiger partial charge in [-0.25, -0.2) is 0 Å². The first kappa shape index (κ1) is 41.9. The number of hydrogen-bond acceptors (Lipinski definition) is 4. The zero-order chi connectivity index (χ0) is 32.1. The van der Waals surface area contributed by atoms with Crippen molar-refractivity contribution in [2.75, 3.05) is 33.9 Å². The molecule has 2 atom stereocenters. The van der Waals surface area contributed by atoms with Gasteiger partial charge in [0.15, 0.2) is 5.79 Å². The molecule has 1 fully saturated rings. The van der Waals surface area contributed by atoms with Gasteiger partial charge in [-0.15, -0.1) is 0 Å². The second-order valence-electron chi connectivity index (χ2n) is 14.8. The smallest absolute Gasteiger partial charge is 0.168 e. The molecule has 1 aliphatic rings. The van der Waals surface area contributed by atoms with Crippen LogP contribution < -0.4 is 0 Å². The van der Waals surface area contributed by atoms with Gasteiger partial charge in [0.1, 0.15) is 0 Å². The van der Waals surface area contributed by atoms with Crippen LogP contribution in [0.3, 0.4) is 0 Å². The Morgan fingerprint density at radius 2 is 1.11 bits per heavy atom. The standard InChI is InChI=1S/C40H81NO3/c1-7-9-22-28-38(29-23-10-8-2)30-24-18-14-11-12-15-19-25-32-40(33-26-20-16-13-17-21-27-35-42-6)43-36-39(44-40)31-34-41(5)37(3)4/h37-39H,7-36H2,1-6H3. The van der Waals surface area contributed by atoms with E-state index in [0.29, 0.717) is 6.04 Å². The molecule has 0 N–H and O–H groups in total. The van der Waals surface area contributed by atoms with E-state index in [1.54, 1.807) is 7.11 Å². The fourth-order valence-corrected chi connectivity index (χ4v) is 6.96. The molecular formula is C40H81NO3. The molecule has 0 radical (unpaired) electrons. The highest BCUT2D eigenvalue weighted by Gasteiger charge is 2.40. The molecule has 2 unspecified atom stereocenters. The molecule has 0 bridgehead atoms. The number of methoxy groups -OCH3 is 1. The average Bonchev–Trinajstić information content (AvgIpc) is 3.42. The van der Waals surface area contributed by atoms with Crippen LogP contribution in [0, 0.1) is 5.92 Å². The molecule has 0 amide bonds. The molecule has 0 aromatic rings. The van der Waals surface area contributed by atoms with E-state index in [9.17, 15) is 0 Å². The maximum absolute atomic E-state index is 6.74. The maximum Gasteiger partial charge on any atom is 0.168 e. The van der Waals surface area contributed by atoms with E-state index in [1.807, 2.05) is 0 Å². The fraction of sp³-hybridized carbons (Fsp3) is 1.00. The van der Waals surface area contributed by atoms with Crippen LogP contribution in [0.25, 0.3) is 0 Å². The molecule has 4 nitrogen and oxygen atoms in total. The minimum Gasteiger partial charge on any atom is -0.385 e. The SMILES string of the molecule is CCCCCC(CCCCC)CCCCCCCCCCC1(CCCCCCCCCOC)OCC(CCN(C)C(C)C)O1. The molecular weight excluding hydrogens is 542 g/mol. The highest BCUT2D eigenvalue weighted by Crippen LogP contribution is 2.36. The van der Waals surface area contributed by atoms with Crippen LogP contribution in [0.2, 0.25) is 0 Å². The predicted molar refractivity (Wildman–Crippen MR) is 193 cm³/mol. The van der Waals surface area contributed by atoms with Gasteiger partial charge in [0.25, 0.3) is 0 Å². The Morgan fingerprint density at radius 3 is 1.59 bits per heavy atom. The topological polar surface area (TPSA) is 30.9 Å². The van der Waals surface area contributed by atoms with Crippen molar-refractivity contribution in [3.8, 4) is 0 Å². The molecule has 44 heavy (non-hydrogen) atoms. The zero-order valence-electron chi connectivity index (χ0n) is 31.1. The summed E-state index contributed by atoms with van der Waals surface area (Å²) in [5.74, 6) is 0.687. The Balaban J connectivity index is 2.28. The average molecular weight is 624 g/mol. The summed E-state index contributed by atoms with van der Waals surface area (Å²) in [7, 11) is 4.03. The van der Waals surface area contributed by atoms with Crippen LogP contribution in [-0.4, -0.2) is 56.7 Å². The van der Waals surface area contributed by atoms with Crippen molar-refractivity contribution in [1.82, 2.24) is 4.90 Å². The van der Waals surface area contributed by atoms with Gasteiger partial charge in [-0.2, -0.15) is 0 Å². The molecule has 0 aliphatic carbocycles. The highest BCUT2D eigenvalue weighted by atomic mass is 16.7. The molecule has 0 spiro atoms. The lowest BCUT2D eigenvalue weighted by molar-refractivity contribution is -0.180. The lowest BCUT2D eigenvalue weighted by atomic mass is 9.90. The van der Waals surface area contributed by atoms with Crippen molar-refractivity contribution < 1.29 is 14.2 Å². The van der Waals surface area contributed by atoms with E-state index in [4.69, 9.17) is 14.2 Å². The Hall–Kier alpha value is -0.160. The van der Waals surface area contributed by atoms with Gasteiger partial charge in [-0.3, -0.25) is 0 Å². The Labute approximate surface area is 277 Å². The van der Waals surface area contributed by atoms with E-state index in [-0.39, 0.29) is 11.9 Å². The summed E-state index contributed by atoms with van der Waals surface area (Å²) < 4.78 is 18.4. The van der Waals surface area contributed by atoms with E-state index in [2.05, 4.69) is 39.6 Å². The van der Waals surface area contributed by atoms with Crippen molar-refractivity contribution in [1.29, 1.82) is 0 Å². The summed E-state index contributed by atoms with van der Waals surface area (Å²) in [6.45, 7) is 12.0. The quantitative estimate of drug-likeness (QED) is 0.0680. The highest BCUT2D eigenvalue weighted by molar-refractivity contribution is 4.80. The van der Waals surface area contributed by atoms with Gasteiger partial charge in [0, 0.05) is 39.1 Å². The minimum atomic E-state index is -0.315. The first-order chi connectivity index (χ1) is 21.5. The third kappa shape index (κ3) is 22.4. The van der Waals surface area contributed by atoms with Crippen LogP contribution in [0.15, 0.2) is 0 Å². The second-order valence-corrected chi connectivity index (χ2v) is 14.8. The number of nitrogens with zero attached hydrogens (tertiary/aromatic N) is 1. The van der Waals surface area contributed by atoms with Crippen molar-refractivity contribution in [3.63, 3.8) is 0 Å². The second kappa shape index (κ2) is 29.0. The van der Waals surface area contributed by atoms with Gasteiger partial charge >= 0.3 is 0 Å². The molecule has 0 aromatic carbocycles. The van der Waals surface area contributed by atoms with Gasteiger partial charge in [-0.1, -0.05) is 149 Å². The van der Waals surface area contributed by atoms with E-state index in [0.717, 1.165) is 44.9 Å². The largest absolute Gasteiger partial charge is 0.385 e. The lowest BCUT2D eigenvalue weighted by Crippen LogP contribution is -2.33. The van der Waals surface area contributed by atoms with Crippen LogP contribution in [0.5, 0.6) is 0 Å². The number of hydrogen-bond donors (Lipinski definition) is 0. The Bertz CT molecular complexity index is 589. The Kier molecular flexibility index (Phi) is 27.6. The van der Waals surface area contributed by atoms with Crippen molar-refractivity contribution in [3.05, 3.63) is 0 Å². The molecule has 0 saturated carbocycles. The summed E-state index contributed by atoms with van der Waals surface area (Å²) in [4.78, 5) is 2.43. The normalized spacial score (nSPS) is 18.9. The molecule has 1 rings (SSSR count). The van der Waals surface area contributed by atoms with Crippen molar-refractivity contribution >= 4 is 0 Å². The third-order valence-electron chi connectivity index (χ3n) is 10.4. The molecule has 264 valence electrons. The number of ether oxygens (including phenoxy) is 3. The van der Waals surface area contributed by atoms with E-state index >= 15 is 0 Å². The first-order valence-corrected chi connectivity index (χ1v) is 20.0. The van der Waals surface area contributed by atoms with E-state index < -0.39 is 0 Å². The molecule has 1 aliphatic heterocycles. The summed E-state index contributed by atoms with van der Waals surface area (Å²) in [6, 6.07) is 0.583. The summed E-state index contributed by atoms with van der Waals surface area (Å²) >= 11 is 0. The lowest BCUT2D eigenvalue weighted by Gasteiger charge is -2.29. The van der Waals surface area contributed by atoms with Crippen molar-refractivity contribution in [2.24, 2.45) is 5.92 Å². The molecule has 0 aromatic heterocycles. The molecule has 1 heterocycles. The minimum absolute atomic E-state index is 0.259. The predicted octanol–water partition coefficient (Wildman–Crippen LogP) is 12.3. The Morgan fingerprint density at radius 1 is 0.659 bits per heavy atom. The zero-order valence-corrected chi connectivity index (χ0v) is 31.1. The summed E-state index contributed by atoms with van der Waals surface area (Å²) in [5.41, 5.74) is 0. The van der Waals surface area contributed by atoms with Crippen LogP contribution >= 0.6 is 0 Å². The van der Waals surface area contributed by atoms with Crippen LogP contribution in [0.4, 0.5) is 0 Å². The van der Waals surface area contributed by atoms with Gasteiger partial charge in [-0.05, 0) is 52.5 Å². The monoisotopic (exact) mass is 624 g/mol. The summed E-state index contributed by atoms with van der Waals surface area (Å²) in [6.07, 6.45) is 36.6. The third-order valence-corrected chi connectivity index (χ3v) is 10.4. The first-order valence-electron chi connectivity index (χ1n) is 20.0. The van der Waals surface area contributed by atoms with Crippen LogP contribution in [0.1, 0.15) is 201 Å². The number of rotatable bonds is 33. The van der Waals surface area contributed by atoms with Gasteiger partial charge < -0.3 is 19.1 Å². The van der Waals surface area contributed by atoms with Gasteiger partial charge in [0.05, 0.1) is 12.7 Å². The summed E-state index contributed by atoms with van der Waals surface area (Å²) in [5, 5.41) is 0. The van der Waals surface area contributed by atoms with Crippen LogP contribution in [-0.2, 0) is 14.2 Å². The number of unbranched alkanes of at least 4 members (excludes halogenated alkanes) is 17. The van der Waals surface area contributed by atoms with Gasteiger partial charge in [0.2, 0.25) is 0 Å². The maximum atomic E-state index is 6.74. The molecule has 4 heteroatoms. The van der Waals surface area contributed by atoms with E-state index in [1.165, 1.54) is 154 Å². The fourth-order valence-electron chi connectivity index (χ4n) is 6.96. The molecule has 1 saturated heterocycles.